The lowest BCUT2D eigenvalue weighted by Gasteiger charge is -2.00. The zero-order valence-corrected chi connectivity index (χ0v) is 8.91. The number of carboxylic acids is 1. The molecule has 0 aliphatic rings. The van der Waals surface area contributed by atoms with Gasteiger partial charge < -0.3 is 5.11 Å². The quantitative estimate of drug-likeness (QED) is 0.378. The van der Waals surface area contributed by atoms with Gasteiger partial charge in [-0.1, -0.05) is 13.0 Å². The molecule has 0 bridgehead atoms. The topological polar surface area (TPSA) is 71.4 Å². The van der Waals surface area contributed by atoms with Gasteiger partial charge in [0.25, 0.3) is 0 Å². The Hall–Kier alpha value is -1.45. The van der Waals surface area contributed by atoms with Crippen molar-refractivity contribution in [2.75, 3.05) is 0 Å². The first-order valence-corrected chi connectivity index (χ1v) is 4.90. The highest BCUT2D eigenvalue weighted by molar-refractivity contribution is 6.36. The van der Waals surface area contributed by atoms with Gasteiger partial charge in [0.05, 0.1) is 0 Å². The lowest BCUT2D eigenvalue weighted by atomic mass is 10.1. The Morgan fingerprint density at radius 1 is 1.07 bits per heavy atom. The molecule has 15 heavy (non-hydrogen) atoms. The fraction of sp³-hybridized carbons (Fsp3) is 0.545. The maximum Gasteiger partial charge on any atom is 0.330 e. The van der Waals surface area contributed by atoms with Crippen LogP contribution in [0.1, 0.15) is 39.0 Å². The molecule has 0 saturated carbocycles. The predicted molar refractivity (Wildman–Crippen MR) is 55.5 cm³/mol. The number of unbranched alkanes of at least 4 members (excludes halogenated alkanes) is 2. The summed E-state index contributed by atoms with van der Waals surface area (Å²) in [6.07, 6.45) is 2.76. The molecular formula is C11H16O4. The first-order chi connectivity index (χ1) is 6.95. The smallest absolute Gasteiger partial charge is 0.330 e. The molecule has 0 amide bonds. The minimum atomic E-state index is -0.977. The summed E-state index contributed by atoms with van der Waals surface area (Å²) in [7, 11) is 0. The SMILES string of the molecule is C=C(CCCCCC(=O)C(C)=O)C(=O)O. The summed E-state index contributed by atoms with van der Waals surface area (Å²) < 4.78 is 0. The number of hydrogen-bond acceptors (Lipinski definition) is 3. The van der Waals surface area contributed by atoms with Crippen molar-refractivity contribution >= 4 is 17.5 Å². The van der Waals surface area contributed by atoms with Crippen molar-refractivity contribution in [2.24, 2.45) is 0 Å². The van der Waals surface area contributed by atoms with Crippen molar-refractivity contribution in [3.8, 4) is 0 Å². The molecule has 84 valence electrons. The molecule has 0 atom stereocenters. The number of carboxylic acid groups (broad SMARTS) is 1. The third kappa shape index (κ3) is 6.60. The number of hydrogen-bond donors (Lipinski definition) is 1. The van der Waals surface area contributed by atoms with Crippen LogP contribution in [0.2, 0.25) is 0 Å². The van der Waals surface area contributed by atoms with Gasteiger partial charge in [0.15, 0.2) is 11.6 Å². The Balaban J connectivity index is 3.48. The van der Waals surface area contributed by atoms with Crippen LogP contribution in [-0.4, -0.2) is 22.6 Å². The normalized spacial score (nSPS) is 9.67. The van der Waals surface area contributed by atoms with E-state index in [9.17, 15) is 14.4 Å². The van der Waals surface area contributed by atoms with Crippen molar-refractivity contribution in [3.63, 3.8) is 0 Å². The van der Waals surface area contributed by atoms with E-state index >= 15 is 0 Å². The summed E-state index contributed by atoms with van der Waals surface area (Å²) in [6, 6.07) is 0. The highest BCUT2D eigenvalue weighted by Crippen LogP contribution is 2.09. The summed E-state index contributed by atoms with van der Waals surface area (Å²) in [4.78, 5) is 31.8. The van der Waals surface area contributed by atoms with E-state index < -0.39 is 11.8 Å². The van der Waals surface area contributed by atoms with Crippen LogP contribution in [0.25, 0.3) is 0 Å². The van der Waals surface area contributed by atoms with E-state index in [1.54, 1.807) is 0 Å². The second-order valence-corrected chi connectivity index (χ2v) is 3.45. The number of aliphatic carboxylic acids is 1. The van der Waals surface area contributed by atoms with Crippen LogP contribution in [0.4, 0.5) is 0 Å². The molecule has 0 radical (unpaired) electrons. The zero-order chi connectivity index (χ0) is 11.8. The Kier molecular flexibility index (Phi) is 6.25. The summed E-state index contributed by atoms with van der Waals surface area (Å²) in [5.74, 6) is -1.74. The van der Waals surface area contributed by atoms with Crippen LogP contribution in [-0.2, 0) is 14.4 Å². The van der Waals surface area contributed by atoms with Gasteiger partial charge in [0, 0.05) is 18.9 Å². The molecule has 0 rings (SSSR count). The van der Waals surface area contributed by atoms with Gasteiger partial charge in [-0.15, -0.1) is 0 Å². The van der Waals surface area contributed by atoms with Crippen LogP contribution in [0.5, 0.6) is 0 Å². The van der Waals surface area contributed by atoms with Crippen LogP contribution >= 0.6 is 0 Å². The summed E-state index contributed by atoms with van der Waals surface area (Å²) in [6.45, 7) is 4.65. The molecule has 0 aromatic carbocycles. The van der Waals surface area contributed by atoms with E-state index in [4.69, 9.17) is 5.11 Å². The lowest BCUT2D eigenvalue weighted by Crippen LogP contribution is -2.08. The van der Waals surface area contributed by atoms with Crippen molar-refractivity contribution < 1.29 is 19.5 Å². The molecule has 0 heterocycles. The van der Waals surface area contributed by atoms with E-state index in [0.29, 0.717) is 19.3 Å². The molecule has 0 spiro atoms. The Labute approximate surface area is 89.0 Å². The van der Waals surface area contributed by atoms with Gasteiger partial charge in [-0.05, 0) is 19.3 Å². The second-order valence-electron chi connectivity index (χ2n) is 3.45. The van der Waals surface area contributed by atoms with Gasteiger partial charge >= 0.3 is 5.97 Å². The van der Waals surface area contributed by atoms with Gasteiger partial charge in [0.2, 0.25) is 0 Å². The van der Waals surface area contributed by atoms with Gasteiger partial charge in [0.1, 0.15) is 0 Å². The summed E-state index contributed by atoms with van der Waals surface area (Å²) in [5.41, 5.74) is 0.188. The summed E-state index contributed by atoms with van der Waals surface area (Å²) in [5, 5.41) is 8.50. The number of ketones is 2. The molecule has 0 aromatic heterocycles. The molecule has 4 nitrogen and oxygen atoms in total. The molecule has 0 aliphatic carbocycles. The molecule has 0 saturated heterocycles. The molecule has 0 aromatic rings. The highest BCUT2D eigenvalue weighted by atomic mass is 16.4. The van der Waals surface area contributed by atoms with E-state index in [1.165, 1.54) is 6.92 Å². The molecular weight excluding hydrogens is 196 g/mol. The van der Waals surface area contributed by atoms with Gasteiger partial charge in [-0.3, -0.25) is 9.59 Å². The van der Waals surface area contributed by atoms with Crippen LogP contribution in [0.3, 0.4) is 0 Å². The standard InChI is InChI=1S/C11H16O4/c1-8(11(14)15)6-4-3-5-7-10(13)9(2)12/h1,3-7H2,2H3,(H,14,15). The number of carbonyl (C=O) groups is 3. The van der Waals surface area contributed by atoms with E-state index in [0.717, 1.165) is 6.42 Å². The molecule has 0 unspecified atom stereocenters. The third-order valence-electron chi connectivity index (χ3n) is 2.08. The fourth-order valence-corrected chi connectivity index (χ4v) is 1.08. The number of rotatable bonds is 8. The first-order valence-electron chi connectivity index (χ1n) is 4.90. The van der Waals surface area contributed by atoms with E-state index in [-0.39, 0.29) is 17.8 Å². The average molecular weight is 212 g/mol. The lowest BCUT2D eigenvalue weighted by molar-refractivity contribution is -0.135. The van der Waals surface area contributed by atoms with Crippen molar-refractivity contribution in [3.05, 3.63) is 12.2 Å². The second kappa shape index (κ2) is 6.92. The maximum atomic E-state index is 10.9. The largest absolute Gasteiger partial charge is 0.478 e. The highest BCUT2D eigenvalue weighted by Gasteiger charge is 2.07. The molecule has 0 aliphatic heterocycles. The monoisotopic (exact) mass is 212 g/mol. The molecule has 1 N–H and O–H groups in total. The Bertz CT molecular complexity index is 250. The maximum absolute atomic E-state index is 10.9. The van der Waals surface area contributed by atoms with Gasteiger partial charge in [-0.25, -0.2) is 4.79 Å². The predicted octanol–water partition coefficient (Wildman–Crippen LogP) is 1.74. The van der Waals surface area contributed by atoms with E-state index in [1.807, 2.05) is 0 Å². The summed E-state index contributed by atoms with van der Waals surface area (Å²) >= 11 is 0. The number of carbonyl (C=O) groups excluding carboxylic acids is 2. The first kappa shape index (κ1) is 13.5. The molecule has 4 heteroatoms. The van der Waals surface area contributed by atoms with Crippen molar-refractivity contribution in [1.82, 2.24) is 0 Å². The minimum Gasteiger partial charge on any atom is -0.478 e. The molecule has 0 fully saturated rings. The van der Waals surface area contributed by atoms with E-state index in [2.05, 4.69) is 6.58 Å². The average Bonchev–Trinajstić information content (AvgIpc) is 2.16. The van der Waals surface area contributed by atoms with Crippen molar-refractivity contribution in [2.45, 2.75) is 39.0 Å². The van der Waals surface area contributed by atoms with Crippen molar-refractivity contribution in [1.29, 1.82) is 0 Å². The van der Waals surface area contributed by atoms with Crippen LogP contribution in [0, 0.1) is 0 Å². The number of Topliss-reactive ketones (excluding diaryl/α,β-unsaturated/α-hetero) is 2. The van der Waals surface area contributed by atoms with Crippen LogP contribution < -0.4 is 0 Å². The minimum absolute atomic E-state index is 0.188. The third-order valence-corrected chi connectivity index (χ3v) is 2.08. The fourth-order valence-electron chi connectivity index (χ4n) is 1.08. The Morgan fingerprint density at radius 2 is 1.60 bits per heavy atom. The van der Waals surface area contributed by atoms with Crippen LogP contribution in [0.15, 0.2) is 12.2 Å². The zero-order valence-electron chi connectivity index (χ0n) is 8.91. The Morgan fingerprint density at radius 3 is 2.07 bits per heavy atom. The van der Waals surface area contributed by atoms with Gasteiger partial charge in [-0.2, -0.15) is 0 Å².